The lowest BCUT2D eigenvalue weighted by Gasteiger charge is -2.13. The molecule has 3 nitrogen and oxygen atoms in total. The predicted octanol–water partition coefficient (Wildman–Crippen LogP) is 5.71. The lowest BCUT2D eigenvalue weighted by atomic mass is 10.1. The number of aryl methyl sites for hydroxylation is 1. The molecule has 0 aliphatic carbocycles. The third-order valence-corrected chi connectivity index (χ3v) is 5.52. The number of ether oxygens (including phenoxy) is 1. The summed E-state index contributed by atoms with van der Waals surface area (Å²) >= 11 is 7.66. The second kappa shape index (κ2) is 8.59. The molecule has 0 aromatic heterocycles. The maximum atomic E-state index is 12.4. The number of Topliss-reactive ketones (excluding diaryl/α,β-unsaturated/α-hetero) is 1. The normalized spacial score (nSPS) is 12.0. The summed E-state index contributed by atoms with van der Waals surface area (Å²) in [7, 11) is 0. The molecule has 3 rings (SSSR count). The summed E-state index contributed by atoms with van der Waals surface area (Å²) < 4.78 is 5.32. The van der Waals surface area contributed by atoms with Crippen molar-refractivity contribution in [1.29, 1.82) is 0 Å². The quantitative estimate of drug-likeness (QED) is 0.303. The van der Waals surface area contributed by atoms with Gasteiger partial charge < -0.3 is 4.74 Å². The van der Waals surface area contributed by atoms with Crippen LogP contribution in [0, 0.1) is 6.92 Å². The molecule has 3 aromatic carbocycles. The fraction of sp³-hybridized carbons (Fsp3) is 0.182. The Morgan fingerprint density at radius 2 is 1.70 bits per heavy atom. The van der Waals surface area contributed by atoms with Gasteiger partial charge in [-0.05, 0) is 31.4 Å². The minimum absolute atomic E-state index is 0.107. The average molecular weight is 399 g/mol. The number of halogens is 1. The number of benzene rings is 3. The van der Waals surface area contributed by atoms with E-state index in [9.17, 15) is 9.59 Å². The SMILES string of the molecule is Cc1ccc(C(=O)[C@H](C)OC(=O)CSc2cccc3cccc(Cl)c23)cc1. The lowest BCUT2D eigenvalue weighted by Crippen LogP contribution is -2.25. The minimum Gasteiger partial charge on any atom is -0.454 e. The van der Waals surface area contributed by atoms with Crippen molar-refractivity contribution in [3.63, 3.8) is 0 Å². The zero-order valence-corrected chi connectivity index (χ0v) is 16.6. The van der Waals surface area contributed by atoms with Crippen LogP contribution in [0.25, 0.3) is 10.8 Å². The number of thioether (sulfide) groups is 1. The molecular formula is C22H19ClO3S. The van der Waals surface area contributed by atoms with E-state index in [1.807, 2.05) is 55.5 Å². The van der Waals surface area contributed by atoms with Gasteiger partial charge in [0, 0.05) is 20.9 Å². The molecule has 0 bridgehead atoms. The Bertz CT molecular complexity index is 977. The molecule has 0 N–H and O–H groups in total. The second-order valence-electron chi connectivity index (χ2n) is 6.25. The molecule has 138 valence electrons. The number of hydrogen-bond donors (Lipinski definition) is 0. The first-order chi connectivity index (χ1) is 13.0. The lowest BCUT2D eigenvalue weighted by molar-refractivity contribution is -0.143. The molecule has 0 heterocycles. The van der Waals surface area contributed by atoms with Crippen LogP contribution in [-0.2, 0) is 9.53 Å². The van der Waals surface area contributed by atoms with Gasteiger partial charge in [0.15, 0.2) is 6.10 Å². The van der Waals surface area contributed by atoms with Crippen molar-refractivity contribution >= 4 is 45.9 Å². The van der Waals surface area contributed by atoms with E-state index in [4.69, 9.17) is 16.3 Å². The zero-order valence-electron chi connectivity index (χ0n) is 15.1. The number of ketones is 1. The van der Waals surface area contributed by atoms with Gasteiger partial charge in [-0.3, -0.25) is 9.59 Å². The molecule has 3 aromatic rings. The van der Waals surface area contributed by atoms with Crippen LogP contribution in [0.4, 0.5) is 0 Å². The van der Waals surface area contributed by atoms with Crippen molar-refractivity contribution in [1.82, 2.24) is 0 Å². The van der Waals surface area contributed by atoms with Gasteiger partial charge in [0.1, 0.15) is 0 Å². The monoisotopic (exact) mass is 398 g/mol. The van der Waals surface area contributed by atoms with E-state index in [-0.39, 0.29) is 11.5 Å². The highest BCUT2D eigenvalue weighted by atomic mass is 35.5. The van der Waals surface area contributed by atoms with Crippen LogP contribution in [0.15, 0.2) is 65.6 Å². The number of rotatable bonds is 6. The van der Waals surface area contributed by atoms with Gasteiger partial charge in [0.25, 0.3) is 0 Å². The molecule has 0 aliphatic heterocycles. The Morgan fingerprint density at radius 1 is 1.04 bits per heavy atom. The van der Waals surface area contributed by atoms with E-state index in [0.717, 1.165) is 21.2 Å². The maximum absolute atomic E-state index is 12.4. The molecule has 27 heavy (non-hydrogen) atoms. The topological polar surface area (TPSA) is 43.4 Å². The summed E-state index contributed by atoms with van der Waals surface area (Å²) in [6.45, 7) is 3.55. The highest BCUT2D eigenvalue weighted by Crippen LogP contribution is 2.33. The summed E-state index contributed by atoms with van der Waals surface area (Å²) in [6, 6.07) is 18.7. The molecule has 0 aliphatic rings. The van der Waals surface area contributed by atoms with E-state index in [1.54, 1.807) is 19.1 Å². The van der Waals surface area contributed by atoms with Crippen LogP contribution in [0.5, 0.6) is 0 Å². The van der Waals surface area contributed by atoms with Crippen LogP contribution < -0.4 is 0 Å². The molecule has 0 amide bonds. The Hall–Kier alpha value is -2.30. The Labute approximate surface area is 167 Å². The van der Waals surface area contributed by atoms with Crippen LogP contribution in [0.3, 0.4) is 0 Å². The summed E-state index contributed by atoms with van der Waals surface area (Å²) in [4.78, 5) is 25.5. The second-order valence-corrected chi connectivity index (χ2v) is 7.67. The average Bonchev–Trinajstić information content (AvgIpc) is 2.66. The van der Waals surface area contributed by atoms with Gasteiger partial charge in [-0.2, -0.15) is 0 Å². The molecule has 0 spiro atoms. The standard InChI is InChI=1S/C22H19ClO3S/c1-14-9-11-17(12-10-14)22(25)15(2)26-20(24)13-27-19-8-4-6-16-5-3-7-18(23)21(16)19/h3-12,15H,13H2,1-2H3/t15-/m0/s1. The van der Waals surface area contributed by atoms with Crippen LogP contribution in [0.2, 0.25) is 5.02 Å². The first kappa shape index (κ1) is 19.5. The van der Waals surface area contributed by atoms with E-state index in [2.05, 4.69) is 0 Å². The first-order valence-electron chi connectivity index (χ1n) is 8.56. The third-order valence-electron chi connectivity index (χ3n) is 4.17. The van der Waals surface area contributed by atoms with E-state index < -0.39 is 12.1 Å². The summed E-state index contributed by atoms with van der Waals surface area (Å²) in [5, 5.41) is 2.58. The molecule has 0 fully saturated rings. The Balaban J connectivity index is 1.63. The number of carbonyl (C=O) groups is 2. The number of fused-ring (bicyclic) bond motifs is 1. The molecule has 0 radical (unpaired) electrons. The number of esters is 1. The van der Waals surface area contributed by atoms with E-state index in [0.29, 0.717) is 10.6 Å². The van der Waals surface area contributed by atoms with Crippen molar-refractivity contribution < 1.29 is 14.3 Å². The highest BCUT2D eigenvalue weighted by molar-refractivity contribution is 8.00. The number of hydrogen-bond acceptors (Lipinski definition) is 4. The molecule has 5 heteroatoms. The molecule has 0 saturated carbocycles. The number of carbonyl (C=O) groups excluding carboxylic acids is 2. The fourth-order valence-corrected chi connectivity index (χ4v) is 3.98. The van der Waals surface area contributed by atoms with Crippen molar-refractivity contribution in [2.24, 2.45) is 0 Å². The summed E-state index contributed by atoms with van der Waals surface area (Å²) in [6.07, 6.45) is -0.822. The smallest absolute Gasteiger partial charge is 0.316 e. The third kappa shape index (κ3) is 4.71. The molecule has 0 unspecified atom stereocenters. The predicted molar refractivity (Wildman–Crippen MR) is 111 cm³/mol. The maximum Gasteiger partial charge on any atom is 0.316 e. The first-order valence-corrected chi connectivity index (χ1v) is 9.92. The van der Waals surface area contributed by atoms with Crippen LogP contribution in [-0.4, -0.2) is 23.6 Å². The van der Waals surface area contributed by atoms with E-state index in [1.165, 1.54) is 11.8 Å². The summed E-state index contributed by atoms with van der Waals surface area (Å²) in [5.74, 6) is -0.533. The van der Waals surface area contributed by atoms with Gasteiger partial charge in [0.2, 0.25) is 5.78 Å². The van der Waals surface area contributed by atoms with Gasteiger partial charge in [-0.1, -0.05) is 65.7 Å². The van der Waals surface area contributed by atoms with Gasteiger partial charge in [0.05, 0.1) is 5.75 Å². The van der Waals surface area contributed by atoms with Gasteiger partial charge >= 0.3 is 5.97 Å². The molecular weight excluding hydrogens is 380 g/mol. The fourth-order valence-electron chi connectivity index (χ4n) is 2.76. The molecule has 0 saturated heterocycles. The minimum atomic E-state index is -0.822. The van der Waals surface area contributed by atoms with Crippen molar-refractivity contribution in [3.8, 4) is 0 Å². The Kier molecular flexibility index (Phi) is 6.19. The molecule has 1 atom stereocenters. The zero-order chi connectivity index (χ0) is 19.4. The van der Waals surface area contributed by atoms with Gasteiger partial charge in [-0.25, -0.2) is 0 Å². The van der Waals surface area contributed by atoms with Crippen LogP contribution in [0.1, 0.15) is 22.8 Å². The van der Waals surface area contributed by atoms with Gasteiger partial charge in [-0.15, -0.1) is 11.8 Å². The van der Waals surface area contributed by atoms with Crippen molar-refractivity contribution in [2.75, 3.05) is 5.75 Å². The van der Waals surface area contributed by atoms with E-state index >= 15 is 0 Å². The Morgan fingerprint density at radius 3 is 2.41 bits per heavy atom. The van der Waals surface area contributed by atoms with Crippen molar-refractivity contribution in [2.45, 2.75) is 24.8 Å². The largest absolute Gasteiger partial charge is 0.454 e. The highest BCUT2D eigenvalue weighted by Gasteiger charge is 2.19. The van der Waals surface area contributed by atoms with Crippen LogP contribution >= 0.6 is 23.4 Å². The van der Waals surface area contributed by atoms with Crippen molar-refractivity contribution in [3.05, 3.63) is 76.8 Å². The summed E-state index contributed by atoms with van der Waals surface area (Å²) in [5.41, 5.74) is 1.61.